The SMILES string of the molecule is c1ccc(C2(c3ccc(N(c4ccc(-c5ccc6sc7ccccc7c6c5)cc4)c4cc5ccccc5c5ncccc45)cc3)c3ccccc3-c3ccccc32)cc1. The first-order valence-corrected chi connectivity index (χ1v) is 21.0. The molecule has 9 aromatic carbocycles. The third-order valence-corrected chi connectivity index (χ3v) is 13.5. The van der Waals surface area contributed by atoms with E-state index in [1.54, 1.807) is 0 Å². The topological polar surface area (TPSA) is 16.1 Å². The third-order valence-electron chi connectivity index (χ3n) is 12.4. The number of benzene rings is 9. The van der Waals surface area contributed by atoms with Crippen molar-refractivity contribution < 1.29 is 0 Å². The van der Waals surface area contributed by atoms with Crippen LogP contribution in [0.5, 0.6) is 0 Å². The van der Waals surface area contributed by atoms with Crippen LogP contribution in [0.1, 0.15) is 22.3 Å². The summed E-state index contributed by atoms with van der Waals surface area (Å²) >= 11 is 1.86. The van der Waals surface area contributed by atoms with Gasteiger partial charge in [-0.3, -0.25) is 4.98 Å². The lowest BCUT2D eigenvalue weighted by Crippen LogP contribution is -2.28. The summed E-state index contributed by atoms with van der Waals surface area (Å²) in [6.45, 7) is 0. The molecule has 2 aromatic heterocycles. The van der Waals surface area contributed by atoms with Crippen LogP contribution in [0.2, 0.25) is 0 Å². The maximum atomic E-state index is 4.96. The Balaban J connectivity index is 1.04. The first-order valence-electron chi connectivity index (χ1n) is 20.2. The molecule has 11 aromatic rings. The maximum Gasteiger partial charge on any atom is 0.0801 e. The molecule has 0 atom stereocenters. The molecule has 0 aliphatic heterocycles. The average molecular weight is 769 g/mol. The Kier molecular flexibility index (Phi) is 7.66. The first-order chi connectivity index (χ1) is 29.3. The minimum absolute atomic E-state index is 0.464. The highest BCUT2D eigenvalue weighted by molar-refractivity contribution is 7.25. The molecule has 12 rings (SSSR count). The largest absolute Gasteiger partial charge is 0.310 e. The average Bonchev–Trinajstić information content (AvgIpc) is 3.84. The zero-order valence-electron chi connectivity index (χ0n) is 32.1. The van der Waals surface area contributed by atoms with Gasteiger partial charge in [0.25, 0.3) is 0 Å². The van der Waals surface area contributed by atoms with Gasteiger partial charge in [0.1, 0.15) is 0 Å². The molecule has 0 saturated heterocycles. The number of aromatic nitrogens is 1. The van der Waals surface area contributed by atoms with E-state index >= 15 is 0 Å². The lowest BCUT2D eigenvalue weighted by atomic mass is 9.68. The molecule has 0 N–H and O–H groups in total. The van der Waals surface area contributed by atoms with Crippen LogP contribution in [-0.2, 0) is 5.41 Å². The van der Waals surface area contributed by atoms with Gasteiger partial charge < -0.3 is 4.90 Å². The number of fused-ring (bicyclic) bond motifs is 9. The Hall–Kier alpha value is -7.33. The fourth-order valence-corrected chi connectivity index (χ4v) is 10.9. The second kappa shape index (κ2) is 13.4. The Morgan fingerprint density at radius 2 is 0.983 bits per heavy atom. The van der Waals surface area contributed by atoms with E-state index in [0.717, 1.165) is 38.7 Å². The lowest BCUT2D eigenvalue weighted by Gasteiger charge is -2.34. The summed E-state index contributed by atoms with van der Waals surface area (Å²) in [5, 5.41) is 6.04. The molecule has 276 valence electrons. The van der Waals surface area contributed by atoms with Crippen molar-refractivity contribution in [2.24, 2.45) is 0 Å². The highest BCUT2D eigenvalue weighted by Gasteiger charge is 2.45. The maximum absolute atomic E-state index is 4.96. The summed E-state index contributed by atoms with van der Waals surface area (Å²) in [6.07, 6.45) is 1.90. The van der Waals surface area contributed by atoms with E-state index < -0.39 is 5.41 Å². The molecule has 2 heterocycles. The Labute approximate surface area is 346 Å². The van der Waals surface area contributed by atoms with E-state index in [4.69, 9.17) is 4.98 Å². The van der Waals surface area contributed by atoms with Crippen molar-refractivity contribution in [1.29, 1.82) is 0 Å². The highest BCUT2D eigenvalue weighted by atomic mass is 32.1. The number of pyridine rings is 1. The monoisotopic (exact) mass is 768 g/mol. The molecule has 1 aliphatic carbocycles. The number of anilines is 3. The van der Waals surface area contributed by atoms with E-state index in [1.165, 1.54) is 64.7 Å². The van der Waals surface area contributed by atoms with Gasteiger partial charge in [-0.2, -0.15) is 0 Å². The summed E-state index contributed by atoms with van der Waals surface area (Å²) in [5.74, 6) is 0. The standard InChI is InChI=1S/C56H36N2S/c1-2-14-40(15-3-1)56(50-21-9-6-17-45(50)46-18-7-10-22-51(46)56)41-27-31-43(32-28-41)58(52-36-39-13-4-5-16-44(39)55-48(52)20-12-34-57-55)42-29-24-37(25-30-42)38-26-33-54-49(35-38)47-19-8-11-23-53(47)59-54/h1-36H. The fourth-order valence-electron chi connectivity index (χ4n) is 9.78. The van der Waals surface area contributed by atoms with Crippen LogP contribution in [0.25, 0.3) is 64.1 Å². The molecule has 0 radical (unpaired) electrons. The minimum atomic E-state index is -0.464. The molecule has 0 amide bonds. The zero-order chi connectivity index (χ0) is 38.9. The van der Waals surface area contributed by atoms with Crippen LogP contribution in [0, 0.1) is 0 Å². The summed E-state index contributed by atoms with van der Waals surface area (Å²) in [6, 6.07) is 78.0. The van der Waals surface area contributed by atoms with Crippen LogP contribution in [0.4, 0.5) is 17.1 Å². The first kappa shape index (κ1) is 33.8. The Bertz CT molecular complexity index is 3340. The molecule has 59 heavy (non-hydrogen) atoms. The summed E-state index contributed by atoms with van der Waals surface area (Å²) in [5.41, 5.74) is 13.9. The molecule has 0 spiro atoms. The second-order valence-corrected chi connectivity index (χ2v) is 16.5. The molecule has 2 nitrogen and oxygen atoms in total. The number of hydrogen-bond donors (Lipinski definition) is 0. The van der Waals surface area contributed by atoms with Crippen LogP contribution in [0.15, 0.2) is 219 Å². The van der Waals surface area contributed by atoms with Crippen LogP contribution < -0.4 is 4.90 Å². The van der Waals surface area contributed by atoms with Gasteiger partial charge >= 0.3 is 0 Å². The van der Waals surface area contributed by atoms with E-state index in [0.29, 0.717) is 0 Å². The predicted molar refractivity (Wildman–Crippen MR) is 250 cm³/mol. The zero-order valence-corrected chi connectivity index (χ0v) is 32.9. The Morgan fingerprint density at radius 3 is 1.75 bits per heavy atom. The van der Waals surface area contributed by atoms with Gasteiger partial charge in [-0.05, 0) is 111 Å². The third kappa shape index (κ3) is 5.15. The molecule has 0 unspecified atom stereocenters. The van der Waals surface area contributed by atoms with Gasteiger partial charge in [-0.25, -0.2) is 0 Å². The van der Waals surface area contributed by atoms with Gasteiger partial charge in [-0.1, -0.05) is 152 Å². The number of thiophene rings is 1. The van der Waals surface area contributed by atoms with Gasteiger partial charge in [0.2, 0.25) is 0 Å². The van der Waals surface area contributed by atoms with Gasteiger partial charge in [0.05, 0.1) is 16.6 Å². The van der Waals surface area contributed by atoms with Crippen LogP contribution in [0.3, 0.4) is 0 Å². The Morgan fingerprint density at radius 1 is 0.407 bits per heavy atom. The summed E-state index contributed by atoms with van der Waals surface area (Å²) in [7, 11) is 0. The highest BCUT2D eigenvalue weighted by Crippen LogP contribution is 2.56. The van der Waals surface area contributed by atoms with E-state index in [-0.39, 0.29) is 0 Å². The van der Waals surface area contributed by atoms with Crippen LogP contribution >= 0.6 is 11.3 Å². The van der Waals surface area contributed by atoms with Gasteiger partial charge in [0.15, 0.2) is 0 Å². The smallest absolute Gasteiger partial charge is 0.0801 e. The fraction of sp³-hybridized carbons (Fsp3) is 0.0179. The lowest BCUT2D eigenvalue weighted by molar-refractivity contribution is 0.768. The van der Waals surface area contributed by atoms with Gasteiger partial charge in [0, 0.05) is 48.5 Å². The molecular weight excluding hydrogens is 733 g/mol. The number of rotatable bonds is 6. The second-order valence-electron chi connectivity index (χ2n) is 15.5. The molecule has 0 saturated carbocycles. The predicted octanol–water partition coefficient (Wildman–Crippen LogP) is 15.3. The van der Waals surface area contributed by atoms with Crippen molar-refractivity contribution >= 4 is 70.2 Å². The van der Waals surface area contributed by atoms with Crippen molar-refractivity contribution in [2.45, 2.75) is 5.41 Å². The van der Waals surface area contributed by atoms with Gasteiger partial charge in [-0.15, -0.1) is 11.3 Å². The summed E-state index contributed by atoms with van der Waals surface area (Å²) in [4.78, 5) is 7.37. The molecule has 0 bridgehead atoms. The summed E-state index contributed by atoms with van der Waals surface area (Å²) < 4.78 is 2.64. The van der Waals surface area contributed by atoms with Crippen molar-refractivity contribution in [3.8, 4) is 22.3 Å². The van der Waals surface area contributed by atoms with E-state index in [1.807, 2.05) is 23.6 Å². The molecule has 3 heteroatoms. The van der Waals surface area contributed by atoms with Crippen molar-refractivity contribution in [3.63, 3.8) is 0 Å². The van der Waals surface area contributed by atoms with Crippen molar-refractivity contribution in [1.82, 2.24) is 4.98 Å². The normalized spacial score (nSPS) is 12.9. The molecular formula is C56H36N2S. The van der Waals surface area contributed by atoms with Crippen molar-refractivity contribution in [3.05, 3.63) is 241 Å². The van der Waals surface area contributed by atoms with Crippen molar-refractivity contribution in [2.75, 3.05) is 4.90 Å². The van der Waals surface area contributed by atoms with Crippen LogP contribution in [-0.4, -0.2) is 4.98 Å². The molecule has 1 aliphatic rings. The van der Waals surface area contributed by atoms with E-state index in [9.17, 15) is 0 Å². The number of hydrogen-bond acceptors (Lipinski definition) is 3. The number of nitrogens with zero attached hydrogens (tertiary/aromatic N) is 2. The van der Waals surface area contributed by atoms with E-state index in [2.05, 4.69) is 211 Å². The minimum Gasteiger partial charge on any atom is -0.310 e. The quantitative estimate of drug-likeness (QED) is 0.157. The molecule has 0 fully saturated rings.